The number of hydrogen-bond acceptors (Lipinski definition) is 3. The number of halogens is 2. The maximum absolute atomic E-state index is 10.6. The third kappa shape index (κ3) is 1.64. The van der Waals surface area contributed by atoms with Crippen LogP contribution < -0.4 is 0 Å². The number of nitrogens with zero attached hydrogens (tertiary/aromatic N) is 1. The molecule has 0 aliphatic rings. The first kappa shape index (κ1) is 10.2. The van der Waals surface area contributed by atoms with Crippen LogP contribution in [-0.4, -0.2) is 5.11 Å². The van der Waals surface area contributed by atoms with E-state index in [4.69, 9.17) is 23.2 Å². The molecule has 0 radical (unpaired) electrons. The van der Waals surface area contributed by atoms with Crippen LogP contribution in [0.15, 0.2) is 29.4 Å². The topological polar surface area (TPSA) is 49.7 Å². The molecular formula is C10H5Cl2NO2. The molecule has 0 unspecified atom stereocenters. The summed E-state index contributed by atoms with van der Waals surface area (Å²) in [5, 5.41) is 14.1. The largest absolute Gasteiger partial charge is 0.506 e. The summed E-state index contributed by atoms with van der Waals surface area (Å²) in [4.78, 5) is 10.6. The maximum Gasteiger partial charge on any atom is 0.157 e. The van der Waals surface area contributed by atoms with Crippen molar-refractivity contribution in [1.82, 2.24) is 0 Å². The van der Waals surface area contributed by atoms with E-state index in [-0.39, 0.29) is 11.4 Å². The van der Waals surface area contributed by atoms with Crippen molar-refractivity contribution in [2.75, 3.05) is 0 Å². The first-order valence-corrected chi connectivity index (χ1v) is 4.83. The molecule has 0 aliphatic heterocycles. The summed E-state index contributed by atoms with van der Waals surface area (Å²) >= 11 is 11.6. The molecule has 2 rings (SSSR count). The number of rotatable bonds is 1. The minimum Gasteiger partial charge on any atom is -0.506 e. The van der Waals surface area contributed by atoms with Gasteiger partial charge in [0.15, 0.2) is 5.69 Å². The summed E-state index contributed by atoms with van der Waals surface area (Å²) in [6.07, 6.45) is 0. The molecule has 0 bridgehead atoms. The van der Waals surface area contributed by atoms with E-state index in [9.17, 15) is 10.0 Å². The highest BCUT2D eigenvalue weighted by molar-refractivity contribution is 6.43. The Morgan fingerprint density at radius 1 is 1.13 bits per heavy atom. The standard InChI is InChI=1S/C10H5Cl2NO2/c11-7-3-5-1-2-9(14)10(13-15)6(5)4-8(7)12/h1-4,14H. The van der Waals surface area contributed by atoms with Gasteiger partial charge in [0.2, 0.25) is 0 Å². The predicted octanol–water partition coefficient (Wildman–Crippen LogP) is 4.25. The smallest absolute Gasteiger partial charge is 0.157 e. The normalized spacial score (nSPS) is 10.5. The van der Waals surface area contributed by atoms with Gasteiger partial charge in [0.1, 0.15) is 5.75 Å². The van der Waals surface area contributed by atoms with Crippen LogP contribution in [0.3, 0.4) is 0 Å². The van der Waals surface area contributed by atoms with Gasteiger partial charge in [0.25, 0.3) is 0 Å². The minimum atomic E-state index is -0.170. The van der Waals surface area contributed by atoms with Gasteiger partial charge in [-0.3, -0.25) is 0 Å². The quantitative estimate of drug-likeness (QED) is 0.759. The van der Waals surface area contributed by atoms with Gasteiger partial charge in [-0.25, -0.2) is 0 Å². The lowest BCUT2D eigenvalue weighted by Gasteiger charge is -2.04. The number of fused-ring (bicyclic) bond motifs is 1. The number of hydrogen-bond donors (Lipinski definition) is 1. The van der Waals surface area contributed by atoms with Gasteiger partial charge in [0, 0.05) is 5.39 Å². The summed E-state index contributed by atoms with van der Waals surface area (Å²) in [5.41, 5.74) is -0.0222. The molecule has 15 heavy (non-hydrogen) atoms. The third-order valence-corrected chi connectivity index (χ3v) is 2.82. The lowest BCUT2D eigenvalue weighted by molar-refractivity contribution is 0.477. The van der Waals surface area contributed by atoms with E-state index in [1.165, 1.54) is 12.1 Å². The number of phenols is 1. The van der Waals surface area contributed by atoms with E-state index in [1.807, 2.05) is 0 Å². The Kier molecular flexibility index (Phi) is 2.50. The molecular weight excluding hydrogens is 237 g/mol. The fourth-order valence-corrected chi connectivity index (χ4v) is 1.72. The lowest BCUT2D eigenvalue weighted by atomic mass is 10.1. The van der Waals surface area contributed by atoms with Crippen molar-refractivity contribution in [3.63, 3.8) is 0 Å². The first-order valence-electron chi connectivity index (χ1n) is 4.07. The van der Waals surface area contributed by atoms with Crippen LogP contribution in [0.5, 0.6) is 5.75 Å². The van der Waals surface area contributed by atoms with Gasteiger partial charge in [-0.05, 0) is 28.8 Å². The van der Waals surface area contributed by atoms with Gasteiger partial charge in [0.05, 0.1) is 10.0 Å². The molecule has 1 N–H and O–H groups in total. The Bertz CT molecular complexity index is 555. The molecule has 0 saturated heterocycles. The molecule has 0 aliphatic carbocycles. The fourth-order valence-electron chi connectivity index (χ4n) is 1.39. The number of nitroso groups, excluding NO2 is 1. The van der Waals surface area contributed by atoms with E-state index in [1.54, 1.807) is 12.1 Å². The molecule has 0 aromatic heterocycles. The van der Waals surface area contributed by atoms with Crippen LogP contribution in [0.1, 0.15) is 0 Å². The third-order valence-electron chi connectivity index (χ3n) is 2.10. The van der Waals surface area contributed by atoms with Crippen molar-refractivity contribution >= 4 is 39.7 Å². The maximum atomic E-state index is 10.6. The van der Waals surface area contributed by atoms with Crippen molar-refractivity contribution < 1.29 is 5.11 Å². The Balaban J connectivity index is 2.92. The summed E-state index contributed by atoms with van der Waals surface area (Å²) in [6, 6.07) is 6.16. The second kappa shape index (κ2) is 3.68. The van der Waals surface area contributed by atoms with Crippen LogP contribution in [0.25, 0.3) is 10.8 Å². The average Bonchev–Trinajstić information content (AvgIpc) is 2.21. The number of benzene rings is 2. The molecule has 0 spiro atoms. The highest BCUT2D eigenvalue weighted by atomic mass is 35.5. The van der Waals surface area contributed by atoms with Gasteiger partial charge in [-0.15, -0.1) is 4.91 Å². The zero-order valence-electron chi connectivity index (χ0n) is 7.37. The van der Waals surface area contributed by atoms with Gasteiger partial charge in [-0.2, -0.15) is 0 Å². The molecule has 0 heterocycles. The van der Waals surface area contributed by atoms with Crippen LogP contribution in [0.2, 0.25) is 10.0 Å². The Morgan fingerprint density at radius 3 is 2.47 bits per heavy atom. The Hall–Kier alpha value is -1.32. The highest BCUT2D eigenvalue weighted by Crippen LogP contribution is 2.38. The zero-order chi connectivity index (χ0) is 11.0. The second-order valence-corrected chi connectivity index (χ2v) is 3.83. The number of phenolic OH excluding ortho intramolecular Hbond substituents is 1. The van der Waals surface area contributed by atoms with Crippen LogP contribution in [0.4, 0.5) is 5.69 Å². The summed E-state index contributed by atoms with van der Waals surface area (Å²) in [7, 11) is 0. The van der Waals surface area contributed by atoms with E-state index in [2.05, 4.69) is 5.18 Å². The SMILES string of the molecule is O=Nc1c(O)ccc2cc(Cl)c(Cl)cc12. The van der Waals surface area contributed by atoms with Crippen LogP contribution >= 0.6 is 23.2 Å². The van der Waals surface area contributed by atoms with Crippen LogP contribution in [0, 0.1) is 4.91 Å². The fraction of sp³-hybridized carbons (Fsp3) is 0. The zero-order valence-corrected chi connectivity index (χ0v) is 8.88. The van der Waals surface area contributed by atoms with E-state index in [0.29, 0.717) is 20.8 Å². The number of aromatic hydroxyl groups is 1. The van der Waals surface area contributed by atoms with Crippen LogP contribution in [-0.2, 0) is 0 Å². The Labute approximate surface area is 95.2 Å². The van der Waals surface area contributed by atoms with E-state index >= 15 is 0 Å². The predicted molar refractivity (Wildman–Crippen MR) is 61.1 cm³/mol. The minimum absolute atomic E-state index is 0.0222. The van der Waals surface area contributed by atoms with E-state index < -0.39 is 0 Å². The molecule has 0 fully saturated rings. The first-order chi connectivity index (χ1) is 7.13. The molecule has 3 nitrogen and oxygen atoms in total. The van der Waals surface area contributed by atoms with Gasteiger partial charge < -0.3 is 5.11 Å². The van der Waals surface area contributed by atoms with Crippen molar-refractivity contribution in [3.8, 4) is 5.75 Å². The van der Waals surface area contributed by atoms with Gasteiger partial charge in [-0.1, -0.05) is 29.3 Å². The summed E-state index contributed by atoms with van der Waals surface area (Å²) in [5.74, 6) is -0.170. The summed E-state index contributed by atoms with van der Waals surface area (Å²) < 4.78 is 0. The molecule has 2 aromatic rings. The molecule has 5 heteroatoms. The molecule has 0 atom stereocenters. The molecule has 0 amide bonds. The molecule has 2 aromatic carbocycles. The monoisotopic (exact) mass is 241 g/mol. The average molecular weight is 242 g/mol. The highest BCUT2D eigenvalue weighted by Gasteiger charge is 2.09. The summed E-state index contributed by atoms with van der Waals surface area (Å²) in [6.45, 7) is 0. The van der Waals surface area contributed by atoms with Crippen molar-refractivity contribution in [2.45, 2.75) is 0 Å². The van der Waals surface area contributed by atoms with Gasteiger partial charge >= 0.3 is 0 Å². The molecule has 76 valence electrons. The lowest BCUT2D eigenvalue weighted by Crippen LogP contribution is -1.77. The second-order valence-electron chi connectivity index (χ2n) is 3.01. The van der Waals surface area contributed by atoms with Crippen molar-refractivity contribution in [2.24, 2.45) is 5.18 Å². The van der Waals surface area contributed by atoms with Crippen molar-refractivity contribution in [3.05, 3.63) is 39.2 Å². The van der Waals surface area contributed by atoms with Crippen molar-refractivity contribution in [1.29, 1.82) is 0 Å². The molecule has 0 saturated carbocycles. The van der Waals surface area contributed by atoms with E-state index in [0.717, 1.165) is 0 Å². The Morgan fingerprint density at radius 2 is 1.80 bits per heavy atom.